The van der Waals surface area contributed by atoms with Crippen LogP contribution in [0.3, 0.4) is 0 Å². The topological polar surface area (TPSA) is 100.0 Å². The predicted octanol–water partition coefficient (Wildman–Crippen LogP) is 5.18. The van der Waals surface area contributed by atoms with Crippen LogP contribution in [0.2, 0.25) is 0 Å². The molecule has 200 valence electrons. The van der Waals surface area contributed by atoms with Crippen molar-refractivity contribution in [3.8, 4) is 11.5 Å². The number of nitrogens with zero attached hydrogens (tertiary/aromatic N) is 3. The Morgan fingerprint density at radius 2 is 1.79 bits per heavy atom. The monoisotopic (exact) mass is 553 g/mol. The van der Waals surface area contributed by atoms with Gasteiger partial charge in [-0.1, -0.05) is 29.5 Å². The zero-order valence-corrected chi connectivity index (χ0v) is 23.5. The van der Waals surface area contributed by atoms with Gasteiger partial charge in [0.2, 0.25) is 0 Å². The van der Waals surface area contributed by atoms with Crippen molar-refractivity contribution in [2.45, 2.75) is 61.2 Å². The number of thioether (sulfide) groups is 1. The van der Waals surface area contributed by atoms with E-state index in [1.54, 1.807) is 43.8 Å². The molecule has 38 heavy (non-hydrogen) atoms. The molecule has 2 heterocycles. The van der Waals surface area contributed by atoms with E-state index >= 15 is 0 Å². The summed E-state index contributed by atoms with van der Waals surface area (Å²) in [6.07, 6.45) is 6.90. The molecule has 3 atom stereocenters. The number of hydrogen-bond acceptors (Lipinski definition) is 9. The molecule has 0 amide bonds. The van der Waals surface area contributed by atoms with Crippen LogP contribution in [-0.4, -0.2) is 56.2 Å². The maximum atomic E-state index is 13.0. The van der Waals surface area contributed by atoms with E-state index in [0.717, 1.165) is 28.0 Å². The second kappa shape index (κ2) is 11.0. The number of aliphatic imine (C=N–C) groups is 1. The molecular weight excluding hydrogens is 522 g/mol. The number of hydrogen-bond donors (Lipinski definition) is 0. The fourth-order valence-corrected chi connectivity index (χ4v) is 6.59. The predicted molar refractivity (Wildman–Crippen MR) is 147 cm³/mol. The number of aryl methyl sites for hydroxylation is 1. The molecule has 1 aromatic heterocycles. The second-order valence-corrected chi connectivity index (χ2v) is 11.8. The van der Waals surface area contributed by atoms with E-state index in [2.05, 4.69) is 9.97 Å². The molecule has 1 fully saturated rings. The highest BCUT2D eigenvalue weighted by Crippen LogP contribution is 2.46. The fraction of sp³-hybridized carbons (Fsp3) is 0.393. The van der Waals surface area contributed by atoms with Crippen LogP contribution >= 0.6 is 11.8 Å². The molecule has 1 saturated carbocycles. The van der Waals surface area contributed by atoms with Crippen LogP contribution < -0.4 is 9.47 Å². The van der Waals surface area contributed by atoms with Crippen molar-refractivity contribution in [2.24, 2.45) is 4.99 Å². The molecule has 0 spiro atoms. The lowest BCUT2D eigenvalue weighted by Crippen LogP contribution is -2.36. The maximum Gasteiger partial charge on any atom is 0.297 e. The van der Waals surface area contributed by atoms with Gasteiger partial charge in [0.25, 0.3) is 10.1 Å². The zero-order chi connectivity index (χ0) is 26.9. The standard InChI is InChI=1S/C28H31N3O5S2/c1-5-35-26-13-21-22-12-19(36-38(32,33)20-9-6-17(2)7-10-20)8-11-24(22)31-27(23(21)14-25(26)34-3)18-15-29-28(37-4)30-16-18/h6-7,9-10,13-16,19,22,24H,5,8,11-12H2,1-4H3/t19-,22-,24-/m1/s1. The normalized spacial score (nSPS) is 20.7. The Bertz CT molecular complexity index is 1440. The second-order valence-electron chi connectivity index (χ2n) is 9.43. The van der Waals surface area contributed by atoms with E-state index in [1.807, 2.05) is 32.2 Å². The number of rotatable bonds is 8. The highest BCUT2D eigenvalue weighted by atomic mass is 32.2. The Hall–Kier alpha value is -2.95. The lowest BCUT2D eigenvalue weighted by molar-refractivity contribution is 0.140. The van der Waals surface area contributed by atoms with Crippen LogP contribution in [0, 0.1) is 6.92 Å². The molecule has 0 radical (unpaired) electrons. The summed E-state index contributed by atoms with van der Waals surface area (Å²) >= 11 is 1.48. The Balaban J connectivity index is 1.51. The van der Waals surface area contributed by atoms with Gasteiger partial charge in [-0.05, 0) is 69.2 Å². The lowest BCUT2D eigenvalue weighted by Gasteiger charge is -2.38. The minimum Gasteiger partial charge on any atom is -0.493 e. The molecule has 1 aliphatic heterocycles. The third-order valence-corrected chi connectivity index (χ3v) is 8.96. The van der Waals surface area contributed by atoms with Crippen LogP contribution in [-0.2, 0) is 14.3 Å². The van der Waals surface area contributed by atoms with Crippen LogP contribution in [0.4, 0.5) is 0 Å². The number of methoxy groups -OCH3 is 1. The smallest absolute Gasteiger partial charge is 0.297 e. The van der Waals surface area contributed by atoms with E-state index < -0.39 is 16.2 Å². The van der Waals surface area contributed by atoms with Gasteiger partial charge in [-0.15, -0.1) is 0 Å². The Kier molecular flexibility index (Phi) is 7.74. The van der Waals surface area contributed by atoms with E-state index in [-0.39, 0.29) is 16.9 Å². The summed E-state index contributed by atoms with van der Waals surface area (Å²) < 4.78 is 43.4. The van der Waals surface area contributed by atoms with Crippen molar-refractivity contribution in [1.82, 2.24) is 9.97 Å². The molecule has 8 nitrogen and oxygen atoms in total. The summed E-state index contributed by atoms with van der Waals surface area (Å²) in [5, 5.41) is 0.694. The molecule has 0 saturated heterocycles. The van der Waals surface area contributed by atoms with Gasteiger partial charge in [0.15, 0.2) is 16.7 Å². The molecule has 0 N–H and O–H groups in total. The van der Waals surface area contributed by atoms with Gasteiger partial charge in [-0.3, -0.25) is 9.18 Å². The van der Waals surface area contributed by atoms with E-state index in [4.69, 9.17) is 18.6 Å². The molecule has 1 aliphatic carbocycles. The van der Waals surface area contributed by atoms with Gasteiger partial charge < -0.3 is 9.47 Å². The number of aromatic nitrogens is 2. The first-order valence-electron chi connectivity index (χ1n) is 12.6. The Morgan fingerprint density at radius 3 is 2.45 bits per heavy atom. The summed E-state index contributed by atoms with van der Waals surface area (Å²) in [4.78, 5) is 14.2. The first kappa shape index (κ1) is 26.6. The SMILES string of the molecule is CCOc1cc2c(cc1OC)C(c1cnc(SC)nc1)=N[C@@H]1CC[C@@H](OS(=O)(=O)c3ccc(C)cc3)C[C@H]21. The van der Waals surface area contributed by atoms with Gasteiger partial charge in [-0.2, -0.15) is 8.42 Å². The first-order chi connectivity index (χ1) is 18.3. The van der Waals surface area contributed by atoms with Crippen molar-refractivity contribution < 1.29 is 22.1 Å². The summed E-state index contributed by atoms with van der Waals surface area (Å²) in [6.45, 7) is 4.34. The average molecular weight is 554 g/mol. The highest BCUT2D eigenvalue weighted by molar-refractivity contribution is 7.98. The zero-order valence-electron chi connectivity index (χ0n) is 21.9. The summed E-state index contributed by atoms with van der Waals surface area (Å²) in [5.74, 6) is 1.24. The molecular formula is C28H31N3O5S2. The molecule has 5 rings (SSSR count). The van der Waals surface area contributed by atoms with Crippen molar-refractivity contribution in [3.05, 3.63) is 71.0 Å². The molecule has 0 unspecified atom stereocenters. The quantitative estimate of drug-likeness (QED) is 0.214. The van der Waals surface area contributed by atoms with Crippen molar-refractivity contribution in [3.63, 3.8) is 0 Å². The van der Waals surface area contributed by atoms with Gasteiger partial charge in [0, 0.05) is 29.4 Å². The van der Waals surface area contributed by atoms with Crippen molar-refractivity contribution in [1.29, 1.82) is 0 Å². The number of ether oxygens (including phenoxy) is 2. The Labute approximate surface area is 228 Å². The van der Waals surface area contributed by atoms with Gasteiger partial charge >= 0.3 is 0 Å². The minimum atomic E-state index is -3.88. The third-order valence-electron chi connectivity index (χ3n) is 7.01. The van der Waals surface area contributed by atoms with Crippen LogP contribution in [0.5, 0.6) is 11.5 Å². The van der Waals surface area contributed by atoms with E-state index in [9.17, 15) is 8.42 Å². The van der Waals surface area contributed by atoms with Crippen LogP contribution in [0.25, 0.3) is 0 Å². The van der Waals surface area contributed by atoms with Crippen LogP contribution in [0.15, 0.2) is 63.8 Å². The average Bonchev–Trinajstić information content (AvgIpc) is 2.92. The largest absolute Gasteiger partial charge is 0.493 e. The Morgan fingerprint density at radius 1 is 1.05 bits per heavy atom. The molecule has 2 aliphatic rings. The van der Waals surface area contributed by atoms with Gasteiger partial charge in [0.1, 0.15) is 0 Å². The van der Waals surface area contributed by atoms with E-state index in [1.165, 1.54) is 11.8 Å². The molecule has 10 heteroatoms. The summed E-state index contributed by atoms with van der Waals surface area (Å²) in [7, 11) is -2.26. The van der Waals surface area contributed by atoms with Gasteiger partial charge in [0.05, 0.1) is 36.5 Å². The highest BCUT2D eigenvalue weighted by Gasteiger charge is 2.39. The minimum absolute atomic E-state index is 0.0254. The molecule has 0 bridgehead atoms. The maximum absolute atomic E-state index is 13.0. The molecule has 2 aromatic carbocycles. The van der Waals surface area contributed by atoms with Crippen molar-refractivity contribution in [2.75, 3.05) is 20.0 Å². The fourth-order valence-electron chi connectivity index (χ4n) is 5.16. The number of benzene rings is 2. The number of fused-ring (bicyclic) bond motifs is 3. The molecule has 3 aromatic rings. The third kappa shape index (κ3) is 5.30. The van der Waals surface area contributed by atoms with E-state index in [0.29, 0.717) is 42.5 Å². The van der Waals surface area contributed by atoms with Crippen LogP contribution in [0.1, 0.15) is 54.4 Å². The first-order valence-corrected chi connectivity index (χ1v) is 15.3. The van der Waals surface area contributed by atoms with Gasteiger partial charge in [-0.25, -0.2) is 9.97 Å². The van der Waals surface area contributed by atoms with Crippen molar-refractivity contribution >= 4 is 27.6 Å². The summed E-state index contributed by atoms with van der Waals surface area (Å²) in [5.41, 5.74) is 4.58. The lowest BCUT2D eigenvalue weighted by atomic mass is 9.74. The summed E-state index contributed by atoms with van der Waals surface area (Å²) in [6, 6.07) is 10.7.